The van der Waals surface area contributed by atoms with Crippen molar-refractivity contribution in [3.8, 4) is 0 Å². The van der Waals surface area contributed by atoms with Crippen LogP contribution in [0.4, 0.5) is 5.69 Å². The molecule has 1 aliphatic rings. The number of hydrogen-bond acceptors (Lipinski definition) is 5. The fourth-order valence-electron chi connectivity index (χ4n) is 2.10. The average molecular weight is 287 g/mol. The van der Waals surface area contributed by atoms with Crippen LogP contribution in [0.2, 0.25) is 0 Å². The SMILES string of the molecule is Cc1ccc(NC2=NC(N)(CCN(C)C)C=CN2)cc1C. The molecule has 0 saturated heterocycles. The van der Waals surface area contributed by atoms with Gasteiger partial charge in [-0.1, -0.05) is 6.07 Å². The Labute approximate surface area is 126 Å². The van der Waals surface area contributed by atoms with E-state index in [1.165, 1.54) is 11.1 Å². The minimum atomic E-state index is -0.655. The maximum Gasteiger partial charge on any atom is 0.202 e. The Morgan fingerprint density at radius 2 is 2.05 bits per heavy atom. The standard InChI is InChI=1S/C16H25N5/c1-12-5-6-14(11-13(12)2)19-15-18-9-7-16(17,20-15)8-10-21(3)4/h5-7,9,11H,8,10,17H2,1-4H3,(H2,18,19,20). The summed E-state index contributed by atoms with van der Waals surface area (Å²) in [5, 5.41) is 6.39. The first-order chi connectivity index (χ1) is 9.88. The van der Waals surface area contributed by atoms with Crippen LogP contribution in [-0.2, 0) is 0 Å². The van der Waals surface area contributed by atoms with E-state index in [2.05, 4.69) is 46.5 Å². The number of aliphatic imine (C=N–C) groups is 1. The normalized spacial score (nSPS) is 21.1. The summed E-state index contributed by atoms with van der Waals surface area (Å²) >= 11 is 0. The van der Waals surface area contributed by atoms with Gasteiger partial charge in [0.15, 0.2) is 0 Å². The molecule has 1 aromatic rings. The van der Waals surface area contributed by atoms with Crippen molar-refractivity contribution in [3.05, 3.63) is 41.6 Å². The van der Waals surface area contributed by atoms with Crippen molar-refractivity contribution in [2.75, 3.05) is 26.0 Å². The second kappa shape index (κ2) is 6.28. The highest BCUT2D eigenvalue weighted by Gasteiger charge is 2.24. The summed E-state index contributed by atoms with van der Waals surface area (Å²) in [5.74, 6) is 0.682. The number of hydrogen-bond donors (Lipinski definition) is 3. The summed E-state index contributed by atoms with van der Waals surface area (Å²) < 4.78 is 0. The molecular weight excluding hydrogens is 262 g/mol. The van der Waals surface area contributed by atoms with Gasteiger partial charge in [-0.05, 0) is 57.3 Å². The Morgan fingerprint density at radius 3 is 2.71 bits per heavy atom. The first-order valence-electron chi connectivity index (χ1n) is 7.20. The molecule has 5 nitrogen and oxygen atoms in total. The number of benzene rings is 1. The molecule has 2 rings (SSSR count). The predicted molar refractivity (Wildman–Crippen MR) is 89.3 cm³/mol. The zero-order chi connectivity index (χ0) is 15.5. The van der Waals surface area contributed by atoms with Crippen LogP contribution in [-0.4, -0.2) is 37.2 Å². The molecule has 114 valence electrons. The molecule has 0 fully saturated rings. The number of rotatable bonds is 4. The van der Waals surface area contributed by atoms with Crippen molar-refractivity contribution < 1.29 is 0 Å². The topological polar surface area (TPSA) is 65.7 Å². The zero-order valence-electron chi connectivity index (χ0n) is 13.3. The fraction of sp³-hybridized carbons (Fsp3) is 0.438. The van der Waals surface area contributed by atoms with Crippen LogP contribution in [0, 0.1) is 13.8 Å². The lowest BCUT2D eigenvalue weighted by atomic mass is 10.1. The quantitative estimate of drug-likeness (QED) is 0.790. The van der Waals surface area contributed by atoms with Crippen LogP contribution in [0.5, 0.6) is 0 Å². The smallest absolute Gasteiger partial charge is 0.202 e. The number of nitrogens with one attached hydrogen (secondary N) is 2. The van der Waals surface area contributed by atoms with Gasteiger partial charge in [0.1, 0.15) is 5.66 Å². The summed E-state index contributed by atoms with van der Waals surface area (Å²) in [7, 11) is 4.07. The summed E-state index contributed by atoms with van der Waals surface area (Å²) in [5.41, 5.74) is 9.20. The second-order valence-electron chi connectivity index (χ2n) is 5.91. The lowest BCUT2D eigenvalue weighted by Gasteiger charge is -2.28. The molecule has 1 aromatic carbocycles. The first kappa shape index (κ1) is 15.5. The highest BCUT2D eigenvalue weighted by Crippen LogP contribution is 2.17. The Morgan fingerprint density at radius 1 is 1.29 bits per heavy atom. The van der Waals surface area contributed by atoms with Gasteiger partial charge in [-0.15, -0.1) is 0 Å². The third kappa shape index (κ3) is 4.31. The van der Waals surface area contributed by atoms with Crippen molar-refractivity contribution in [2.45, 2.75) is 25.9 Å². The average Bonchev–Trinajstić information content (AvgIpc) is 2.41. The van der Waals surface area contributed by atoms with Crippen LogP contribution >= 0.6 is 0 Å². The zero-order valence-corrected chi connectivity index (χ0v) is 13.3. The maximum atomic E-state index is 6.32. The summed E-state index contributed by atoms with van der Waals surface area (Å²) in [4.78, 5) is 6.70. The molecule has 0 bridgehead atoms. The van der Waals surface area contributed by atoms with Gasteiger partial charge >= 0.3 is 0 Å². The van der Waals surface area contributed by atoms with E-state index >= 15 is 0 Å². The largest absolute Gasteiger partial charge is 0.333 e. The van der Waals surface area contributed by atoms with Crippen LogP contribution < -0.4 is 16.4 Å². The number of anilines is 1. The highest BCUT2D eigenvalue weighted by molar-refractivity contribution is 5.95. The van der Waals surface area contributed by atoms with Gasteiger partial charge in [-0.2, -0.15) is 0 Å². The van der Waals surface area contributed by atoms with Gasteiger partial charge in [0.25, 0.3) is 0 Å². The molecule has 0 spiro atoms. The molecule has 1 atom stereocenters. The van der Waals surface area contributed by atoms with Gasteiger partial charge in [0, 0.05) is 24.9 Å². The molecule has 4 N–H and O–H groups in total. The molecule has 0 aliphatic carbocycles. The van der Waals surface area contributed by atoms with Crippen molar-refractivity contribution in [1.29, 1.82) is 0 Å². The molecular formula is C16H25N5. The molecule has 0 aromatic heterocycles. The van der Waals surface area contributed by atoms with Crippen LogP contribution in [0.25, 0.3) is 0 Å². The van der Waals surface area contributed by atoms with Crippen LogP contribution in [0.15, 0.2) is 35.5 Å². The molecule has 0 amide bonds. The lowest BCUT2D eigenvalue weighted by molar-refractivity contribution is 0.352. The van der Waals surface area contributed by atoms with Gasteiger partial charge in [0.05, 0.1) is 0 Å². The summed E-state index contributed by atoms with van der Waals surface area (Å²) in [6, 6.07) is 6.25. The van der Waals surface area contributed by atoms with Gasteiger partial charge < -0.3 is 21.3 Å². The van der Waals surface area contributed by atoms with Gasteiger partial charge in [0.2, 0.25) is 5.96 Å². The van der Waals surface area contributed by atoms with E-state index in [1.54, 1.807) is 0 Å². The van der Waals surface area contributed by atoms with Crippen molar-refractivity contribution >= 4 is 11.6 Å². The Balaban J connectivity index is 2.08. The molecule has 5 heteroatoms. The van der Waals surface area contributed by atoms with E-state index in [1.807, 2.05) is 32.4 Å². The van der Waals surface area contributed by atoms with E-state index in [0.29, 0.717) is 5.96 Å². The third-order valence-corrected chi connectivity index (χ3v) is 3.64. The maximum absolute atomic E-state index is 6.32. The van der Waals surface area contributed by atoms with E-state index < -0.39 is 5.66 Å². The van der Waals surface area contributed by atoms with Crippen molar-refractivity contribution in [2.24, 2.45) is 10.7 Å². The minimum Gasteiger partial charge on any atom is -0.333 e. The molecule has 21 heavy (non-hydrogen) atoms. The summed E-state index contributed by atoms with van der Waals surface area (Å²) in [6.07, 6.45) is 4.53. The lowest BCUT2D eigenvalue weighted by Crippen LogP contribution is -2.45. The van der Waals surface area contributed by atoms with Gasteiger partial charge in [-0.3, -0.25) is 0 Å². The molecule has 0 radical (unpaired) electrons. The van der Waals surface area contributed by atoms with Crippen molar-refractivity contribution in [3.63, 3.8) is 0 Å². The first-order valence-corrected chi connectivity index (χ1v) is 7.20. The van der Waals surface area contributed by atoms with Crippen molar-refractivity contribution in [1.82, 2.24) is 10.2 Å². The molecule has 1 heterocycles. The highest BCUT2D eigenvalue weighted by atomic mass is 15.2. The minimum absolute atomic E-state index is 0.655. The number of nitrogens with two attached hydrogens (primary N) is 1. The van der Waals surface area contributed by atoms with Gasteiger partial charge in [-0.25, -0.2) is 4.99 Å². The Kier molecular flexibility index (Phi) is 4.65. The number of aryl methyl sites for hydroxylation is 2. The summed E-state index contributed by atoms with van der Waals surface area (Å²) in [6.45, 7) is 5.09. The second-order valence-corrected chi connectivity index (χ2v) is 5.91. The Bertz CT molecular complexity index is 562. The predicted octanol–water partition coefficient (Wildman–Crippen LogP) is 1.79. The van der Waals surface area contributed by atoms with E-state index in [-0.39, 0.29) is 0 Å². The van der Waals surface area contributed by atoms with E-state index in [0.717, 1.165) is 18.7 Å². The molecule has 0 saturated carbocycles. The van der Waals surface area contributed by atoms with Crippen LogP contribution in [0.3, 0.4) is 0 Å². The van der Waals surface area contributed by atoms with Crippen LogP contribution in [0.1, 0.15) is 17.5 Å². The van der Waals surface area contributed by atoms with E-state index in [4.69, 9.17) is 5.73 Å². The number of guanidine groups is 1. The fourth-order valence-corrected chi connectivity index (χ4v) is 2.10. The number of nitrogens with zero attached hydrogens (tertiary/aromatic N) is 2. The van der Waals surface area contributed by atoms with E-state index in [9.17, 15) is 0 Å². The molecule has 1 unspecified atom stereocenters. The molecule has 1 aliphatic heterocycles. The third-order valence-electron chi connectivity index (χ3n) is 3.64. The Hall–Kier alpha value is -1.85. The monoisotopic (exact) mass is 287 g/mol.